The molecule has 0 atom stereocenters. The van der Waals surface area contributed by atoms with Gasteiger partial charge in [0.1, 0.15) is 0 Å². The van der Waals surface area contributed by atoms with Gasteiger partial charge in [0.05, 0.1) is 0 Å². The van der Waals surface area contributed by atoms with E-state index in [0.717, 1.165) is 24.8 Å². The predicted octanol–water partition coefficient (Wildman–Crippen LogP) is 4.31. The van der Waals surface area contributed by atoms with E-state index >= 15 is 0 Å². The zero-order valence-corrected chi connectivity index (χ0v) is 11.3. The molecule has 0 bridgehead atoms. The normalized spacial score (nSPS) is 16.4. The molecule has 1 aliphatic carbocycles. The maximum absolute atomic E-state index is 12.2. The zero-order valence-electron chi connectivity index (χ0n) is 10.5. The third-order valence-corrected chi connectivity index (χ3v) is 4.53. The Morgan fingerprint density at radius 1 is 1.24 bits per heavy atom. The molecule has 0 aliphatic heterocycles. The van der Waals surface area contributed by atoms with E-state index in [4.69, 9.17) is 0 Å². The van der Waals surface area contributed by atoms with E-state index in [9.17, 15) is 4.79 Å². The summed E-state index contributed by atoms with van der Waals surface area (Å²) in [7, 11) is 0. The van der Waals surface area contributed by atoms with Crippen molar-refractivity contribution in [2.24, 2.45) is 0 Å². The molecule has 0 unspecified atom stereocenters. The third kappa shape index (κ3) is 3.53. The van der Waals surface area contributed by atoms with Crippen LogP contribution in [-0.2, 0) is 17.6 Å². The Hall–Kier alpha value is -0.890. The van der Waals surface area contributed by atoms with Gasteiger partial charge in [-0.05, 0) is 49.8 Å². The first-order chi connectivity index (χ1) is 8.29. The van der Waals surface area contributed by atoms with Crippen molar-refractivity contribution in [2.75, 3.05) is 0 Å². The molecule has 1 aliphatic rings. The Labute approximate surface area is 108 Å². The van der Waals surface area contributed by atoms with E-state index in [2.05, 4.69) is 25.1 Å². The molecule has 0 aromatic carbocycles. The van der Waals surface area contributed by atoms with Crippen LogP contribution in [-0.4, -0.2) is 5.78 Å². The highest BCUT2D eigenvalue weighted by Gasteiger charge is 2.13. The highest BCUT2D eigenvalue weighted by molar-refractivity contribution is 7.12. The van der Waals surface area contributed by atoms with Gasteiger partial charge >= 0.3 is 0 Å². The number of Topliss-reactive ketones (excluding diaryl/α,β-unsaturated/α-hetero) is 1. The van der Waals surface area contributed by atoms with Gasteiger partial charge in [0, 0.05) is 16.2 Å². The molecule has 1 heterocycles. The molecule has 0 N–H and O–H groups in total. The molecule has 0 fully saturated rings. The molecular weight excluding hydrogens is 228 g/mol. The number of hydrogen-bond acceptors (Lipinski definition) is 2. The average Bonchev–Trinajstić information content (AvgIpc) is 2.62. The first-order valence-electron chi connectivity index (χ1n) is 6.59. The molecule has 17 heavy (non-hydrogen) atoms. The van der Waals surface area contributed by atoms with Crippen molar-refractivity contribution in [2.45, 2.75) is 51.9 Å². The van der Waals surface area contributed by atoms with Gasteiger partial charge in [0.2, 0.25) is 0 Å². The molecule has 1 aromatic heterocycles. The summed E-state index contributed by atoms with van der Waals surface area (Å²) in [5.41, 5.74) is 1.08. The lowest BCUT2D eigenvalue weighted by molar-refractivity contribution is -0.115. The van der Waals surface area contributed by atoms with E-state index in [-0.39, 0.29) is 0 Å². The van der Waals surface area contributed by atoms with Crippen molar-refractivity contribution in [1.82, 2.24) is 0 Å². The smallest absolute Gasteiger partial charge is 0.163 e. The van der Waals surface area contributed by atoms with Crippen LogP contribution in [0.1, 0.15) is 48.8 Å². The fourth-order valence-electron chi connectivity index (χ4n) is 2.25. The van der Waals surface area contributed by atoms with E-state index in [0.29, 0.717) is 12.2 Å². The summed E-state index contributed by atoms with van der Waals surface area (Å²) in [6.45, 7) is 2.16. The molecule has 2 rings (SSSR count). The lowest BCUT2D eigenvalue weighted by atomic mass is 10.0. The molecule has 0 radical (unpaired) electrons. The van der Waals surface area contributed by atoms with Crippen LogP contribution in [0.25, 0.3) is 0 Å². The number of carbonyl (C=O) groups excluding carboxylic acids is 1. The fourth-order valence-corrected chi connectivity index (χ4v) is 3.20. The van der Waals surface area contributed by atoms with Gasteiger partial charge in [-0.1, -0.05) is 19.4 Å². The Balaban J connectivity index is 1.98. The van der Waals surface area contributed by atoms with Gasteiger partial charge in [-0.3, -0.25) is 4.79 Å². The second-order valence-electron chi connectivity index (χ2n) is 4.65. The van der Waals surface area contributed by atoms with Gasteiger partial charge in [-0.2, -0.15) is 0 Å². The Kier molecular flexibility index (Phi) is 4.55. The largest absolute Gasteiger partial charge is 0.294 e. The molecule has 0 saturated carbocycles. The molecule has 0 saturated heterocycles. The lowest BCUT2D eigenvalue weighted by Gasteiger charge is -2.02. The maximum Gasteiger partial charge on any atom is 0.163 e. The van der Waals surface area contributed by atoms with Gasteiger partial charge < -0.3 is 0 Å². The Bertz CT molecular complexity index is 414. The minimum Gasteiger partial charge on any atom is -0.294 e. The van der Waals surface area contributed by atoms with E-state index in [1.807, 2.05) is 0 Å². The minimum atomic E-state index is 0.344. The van der Waals surface area contributed by atoms with Crippen LogP contribution in [0.3, 0.4) is 0 Å². The molecule has 92 valence electrons. The number of ketones is 1. The van der Waals surface area contributed by atoms with Crippen molar-refractivity contribution in [3.63, 3.8) is 0 Å². The predicted molar refractivity (Wildman–Crippen MR) is 73.6 cm³/mol. The number of rotatable bonds is 4. The number of hydrogen-bond donors (Lipinski definition) is 0. The molecular formula is C15H20OS. The Morgan fingerprint density at radius 3 is 2.82 bits per heavy atom. The summed E-state index contributed by atoms with van der Waals surface area (Å²) in [6, 6.07) is 4.26. The number of carbonyl (C=O) groups is 1. The van der Waals surface area contributed by atoms with Crippen molar-refractivity contribution in [3.8, 4) is 0 Å². The molecule has 0 spiro atoms. The van der Waals surface area contributed by atoms with Crippen LogP contribution >= 0.6 is 11.3 Å². The first kappa shape index (κ1) is 12.6. The van der Waals surface area contributed by atoms with Gasteiger partial charge in [0.25, 0.3) is 0 Å². The van der Waals surface area contributed by atoms with E-state index < -0.39 is 0 Å². The monoisotopic (exact) mass is 248 g/mol. The SMILES string of the molecule is CCc1ccc(CC(=O)C2=CCCCCC2)s1. The zero-order chi connectivity index (χ0) is 12.1. The summed E-state index contributed by atoms with van der Waals surface area (Å²) in [6.07, 6.45) is 9.63. The quantitative estimate of drug-likeness (QED) is 0.776. The number of thiophene rings is 1. The highest BCUT2D eigenvalue weighted by atomic mass is 32.1. The summed E-state index contributed by atoms with van der Waals surface area (Å²) in [5, 5.41) is 0. The highest BCUT2D eigenvalue weighted by Crippen LogP contribution is 2.22. The Morgan fingerprint density at radius 2 is 2.06 bits per heavy atom. The van der Waals surface area contributed by atoms with Gasteiger partial charge in [-0.25, -0.2) is 0 Å². The van der Waals surface area contributed by atoms with Gasteiger partial charge in [-0.15, -0.1) is 11.3 Å². The van der Waals surface area contributed by atoms with Crippen molar-refractivity contribution in [3.05, 3.63) is 33.5 Å². The molecule has 0 amide bonds. The van der Waals surface area contributed by atoms with E-state index in [1.54, 1.807) is 11.3 Å². The summed E-state index contributed by atoms with van der Waals surface area (Å²) < 4.78 is 0. The molecule has 2 heteroatoms. The average molecular weight is 248 g/mol. The van der Waals surface area contributed by atoms with Crippen LogP contribution in [0.2, 0.25) is 0 Å². The summed E-state index contributed by atoms with van der Waals surface area (Å²) >= 11 is 1.78. The van der Waals surface area contributed by atoms with Crippen LogP contribution in [0.4, 0.5) is 0 Å². The second kappa shape index (κ2) is 6.15. The standard InChI is InChI=1S/C15H20OS/c1-2-13-9-10-14(17-13)11-15(16)12-7-5-3-4-6-8-12/h7,9-10H,2-6,8,11H2,1H3. The number of allylic oxidation sites excluding steroid dienone is 2. The molecule has 1 nitrogen and oxygen atoms in total. The fraction of sp³-hybridized carbons (Fsp3) is 0.533. The van der Waals surface area contributed by atoms with Crippen molar-refractivity contribution in [1.29, 1.82) is 0 Å². The summed E-state index contributed by atoms with van der Waals surface area (Å²) in [5.74, 6) is 0.344. The second-order valence-corrected chi connectivity index (χ2v) is 5.90. The third-order valence-electron chi connectivity index (χ3n) is 3.30. The molecule has 1 aromatic rings. The van der Waals surface area contributed by atoms with Crippen molar-refractivity contribution >= 4 is 17.1 Å². The van der Waals surface area contributed by atoms with E-state index in [1.165, 1.54) is 29.0 Å². The lowest BCUT2D eigenvalue weighted by Crippen LogP contribution is -2.05. The first-order valence-corrected chi connectivity index (χ1v) is 7.41. The van der Waals surface area contributed by atoms with Crippen LogP contribution < -0.4 is 0 Å². The van der Waals surface area contributed by atoms with Crippen LogP contribution in [0.15, 0.2) is 23.8 Å². The van der Waals surface area contributed by atoms with Crippen LogP contribution in [0, 0.1) is 0 Å². The summed E-state index contributed by atoms with van der Waals surface area (Å²) in [4.78, 5) is 14.8. The van der Waals surface area contributed by atoms with Gasteiger partial charge in [0.15, 0.2) is 5.78 Å². The van der Waals surface area contributed by atoms with Crippen LogP contribution in [0.5, 0.6) is 0 Å². The minimum absolute atomic E-state index is 0.344. The maximum atomic E-state index is 12.2. The topological polar surface area (TPSA) is 17.1 Å². The van der Waals surface area contributed by atoms with Crippen molar-refractivity contribution < 1.29 is 4.79 Å². The number of aryl methyl sites for hydroxylation is 1.